The van der Waals surface area contributed by atoms with Gasteiger partial charge in [-0.1, -0.05) is 6.42 Å². The summed E-state index contributed by atoms with van der Waals surface area (Å²) in [6, 6.07) is 4.99. The minimum atomic E-state index is -1.20. The summed E-state index contributed by atoms with van der Waals surface area (Å²) in [4.78, 5) is 4.32. The summed E-state index contributed by atoms with van der Waals surface area (Å²) < 4.78 is 5.74. The summed E-state index contributed by atoms with van der Waals surface area (Å²) in [5, 5.41) is 1.11. The molecule has 4 heteroatoms. The highest BCUT2D eigenvalue weighted by Gasteiger charge is 2.19. The zero-order valence-corrected chi connectivity index (χ0v) is 8.73. The lowest BCUT2D eigenvalue weighted by molar-refractivity contribution is 0.294. The number of aromatic nitrogens is 1. The van der Waals surface area contributed by atoms with Crippen molar-refractivity contribution in [3.63, 3.8) is 0 Å². The van der Waals surface area contributed by atoms with E-state index in [2.05, 4.69) is 4.98 Å². The van der Waals surface area contributed by atoms with Crippen LogP contribution in [0.1, 0.15) is 12.8 Å². The highest BCUT2D eigenvalue weighted by atomic mass is 28.3. The van der Waals surface area contributed by atoms with Gasteiger partial charge < -0.3 is 10.2 Å². The Kier molecular flexibility index (Phi) is 2.61. The maximum atomic E-state index is 5.74. The Hall–Kier alpha value is -0.873. The van der Waals surface area contributed by atoms with E-state index in [0.29, 0.717) is 0 Å². The first-order valence-corrected chi connectivity index (χ1v) is 6.56. The van der Waals surface area contributed by atoms with Crippen molar-refractivity contribution < 1.29 is 4.43 Å². The monoisotopic (exact) mass is 194 g/mol. The molecule has 1 saturated heterocycles. The smallest absolute Gasteiger partial charge is 0.227 e. The summed E-state index contributed by atoms with van der Waals surface area (Å²) >= 11 is 0. The Morgan fingerprint density at radius 2 is 2.38 bits per heavy atom. The highest BCUT2D eigenvalue weighted by Crippen LogP contribution is 2.10. The van der Waals surface area contributed by atoms with Crippen LogP contribution in [0, 0.1) is 0 Å². The van der Waals surface area contributed by atoms with Gasteiger partial charge in [0.1, 0.15) is 0 Å². The van der Waals surface area contributed by atoms with E-state index in [1.165, 1.54) is 18.9 Å². The number of rotatable bonds is 1. The van der Waals surface area contributed by atoms with Gasteiger partial charge in [0.15, 0.2) is 0 Å². The molecule has 70 valence electrons. The standard InChI is InChI=1S/C9H14N2OSi/c10-8-3-4-11-9(7-8)13-6-2-1-5-12-13/h3-4,7,13H,1-2,5-6H2,(H2,10,11). The predicted molar refractivity (Wildman–Crippen MR) is 55.4 cm³/mol. The fourth-order valence-electron chi connectivity index (χ4n) is 1.62. The van der Waals surface area contributed by atoms with Crippen LogP contribution >= 0.6 is 0 Å². The maximum absolute atomic E-state index is 5.74. The van der Waals surface area contributed by atoms with E-state index in [4.69, 9.17) is 10.2 Å². The van der Waals surface area contributed by atoms with Gasteiger partial charge in [-0.3, -0.25) is 4.98 Å². The number of pyridine rings is 1. The van der Waals surface area contributed by atoms with Crippen molar-refractivity contribution >= 4 is 20.0 Å². The molecular formula is C9H14N2OSi. The predicted octanol–water partition coefficient (Wildman–Crippen LogP) is 0.405. The number of nitrogen functional groups attached to an aromatic ring is 1. The van der Waals surface area contributed by atoms with Gasteiger partial charge >= 0.3 is 0 Å². The van der Waals surface area contributed by atoms with Crippen LogP contribution in [-0.2, 0) is 4.43 Å². The lowest BCUT2D eigenvalue weighted by Gasteiger charge is -2.20. The molecule has 1 unspecified atom stereocenters. The second-order valence-corrected chi connectivity index (χ2v) is 5.85. The normalized spacial score (nSPS) is 22.9. The molecule has 0 amide bonds. The zero-order chi connectivity index (χ0) is 9.10. The second-order valence-electron chi connectivity index (χ2n) is 3.37. The van der Waals surface area contributed by atoms with E-state index in [0.717, 1.165) is 17.6 Å². The molecule has 0 spiro atoms. The van der Waals surface area contributed by atoms with Gasteiger partial charge in [0.05, 0.1) is 5.32 Å². The highest BCUT2D eigenvalue weighted by molar-refractivity contribution is 6.66. The zero-order valence-electron chi connectivity index (χ0n) is 7.57. The van der Waals surface area contributed by atoms with Crippen molar-refractivity contribution in [1.29, 1.82) is 0 Å². The first kappa shape index (κ1) is 8.71. The molecule has 3 nitrogen and oxygen atoms in total. The average molecular weight is 194 g/mol. The average Bonchev–Trinajstić information content (AvgIpc) is 2.19. The molecule has 1 aliphatic heterocycles. The van der Waals surface area contributed by atoms with Crippen LogP contribution in [0.15, 0.2) is 18.3 Å². The van der Waals surface area contributed by atoms with Gasteiger partial charge in [-0.15, -0.1) is 0 Å². The Balaban J connectivity index is 2.14. The molecule has 1 fully saturated rings. The SMILES string of the molecule is Nc1ccnc([SiH]2CCCCO2)c1. The van der Waals surface area contributed by atoms with E-state index in [9.17, 15) is 0 Å². The van der Waals surface area contributed by atoms with Gasteiger partial charge in [0.2, 0.25) is 9.04 Å². The Morgan fingerprint density at radius 1 is 1.46 bits per heavy atom. The van der Waals surface area contributed by atoms with Gasteiger partial charge in [0.25, 0.3) is 0 Å². The first-order valence-electron chi connectivity index (χ1n) is 4.69. The van der Waals surface area contributed by atoms with Gasteiger partial charge in [0, 0.05) is 18.5 Å². The minimum absolute atomic E-state index is 0.798. The maximum Gasteiger partial charge on any atom is 0.227 e. The summed E-state index contributed by atoms with van der Waals surface area (Å²) in [6.45, 7) is 0.910. The molecule has 1 aliphatic rings. The van der Waals surface area contributed by atoms with Crippen molar-refractivity contribution in [2.45, 2.75) is 18.9 Å². The Labute approximate surface area is 79.7 Å². The van der Waals surface area contributed by atoms with Gasteiger partial charge in [-0.25, -0.2) is 0 Å². The number of nitrogens with two attached hydrogens (primary N) is 1. The van der Waals surface area contributed by atoms with Gasteiger partial charge in [-0.05, 0) is 24.6 Å². The van der Waals surface area contributed by atoms with Crippen LogP contribution in [0.25, 0.3) is 0 Å². The third-order valence-electron chi connectivity index (χ3n) is 2.31. The van der Waals surface area contributed by atoms with Crippen molar-refractivity contribution in [2.24, 2.45) is 0 Å². The minimum Gasteiger partial charge on any atom is -0.414 e. The molecular weight excluding hydrogens is 180 g/mol. The van der Waals surface area contributed by atoms with Crippen LogP contribution in [0.3, 0.4) is 0 Å². The molecule has 0 radical (unpaired) electrons. The van der Waals surface area contributed by atoms with Crippen LogP contribution < -0.4 is 11.1 Å². The molecule has 1 atom stereocenters. The van der Waals surface area contributed by atoms with Crippen molar-refractivity contribution in [3.05, 3.63) is 18.3 Å². The first-order chi connectivity index (χ1) is 6.36. The van der Waals surface area contributed by atoms with Crippen LogP contribution in [0.4, 0.5) is 5.69 Å². The molecule has 1 aromatic heterocycles. The number of anilines is 1. The van der Waals surface area contributed by atoms with Gasteiger partial charge in [-0.2, -0.15) is 0 Å². The molecule has 2 rings (SSSR count). The summed E-state index contributed by atoms with van der Waals surface area (Å²) in [7, 11) is -1.20. The van der Waals surface area contributed by atoms with Crippen molar-refractivity contribution in [3.8, 4) is 0 Å². The molecule has 0 saturated carbocycles. The third-order valence-corrected chi connectivity index (χ3v) is 4.86. The lowest BCUT2D eigenvalue weighted by atomic mass is 10.4. The molecule has 1 aromatic rings. The summed E-state index contributed by atoms with van der Waals surface area (Å²) in [5.74, 6) is 0. The van der Waals surface area contributed by atoms with Crippen molar-refractivity contribution in [1.82, 2.24) is 4.98 Å². The van der Waals surface area contributed by atoms with Crippen molar-refractivity contribution in [2.75, 3.05) is 12.3 Å². The van der Waals surface area contributed by atoms with E-state index in [1.807, 2.05) is 12.1 Å². The van der Waals surface area contributed by atoms with Crippen LogP contribution in [0.5, 0.6) is 0 Å². The second kappa shape index (κ2) is 3.89. The third kappa shape index (κ3) is 2.08. The van der Waals surface area contributed by atoms with E-state index in [-0.39, 0.29) is 0 Å². The fourth-order valence-corrected chi connectivity index (χ4v) is 3.99. The van der Waals surface area contributed by atoms with E-state index in [1.54, 1.807) is 6.20 Å². The van der Waals surface area contributed by atoms with E-state index >= 15 is 0 Å². The molecule has 2 N–H and O–H groups in total. The topological polar surface area (TPSA) is 48.1 Å². The molecule has 0 aromatic carbocycles. The molecule has 13 heavy (non-hydrogen) atoms. The Morgan fingerprint density at radius 3 is 3.08 bits per heavy atom. The molecule has 0 bridgehead atoms. The van der Waals surface area contributed by atoms with Crippen LogP contribution in [0.2, 0.25) is 6.04 Å². The largest absolute Gasteiger partial charge is 0.414 e. The lowest BCUT2D eigenvalue weighted by Crippen LogP contribution is -2.38. The number of hydrogen-bond acceptors (Lipinski definition) is 3. The molecule has 2 heterocycles. The number of nitrogens with zero attached hydrogens (tertiary/aromatic N) is 1. The summed E-state index contributed by atoms with van der Waals surface area (Å²) in [6.07, 6.45) is 4.26. The summed E-state index contributed by atoms with van der Waals surface area (Å²) in [5.41, 5.74) is 6.49. The van der Waals surface area contributed by atoms with Crippen LogP contribution in [-0.4, -0.2) is 20.6 Å². The Bertz CT molecular complexity index is 287. The fraction of sp³-hybridized carbons (Fsp3) is 0.444. The quantitative estimate of drug-likeness (QED) is 0.659. The molecule has 0 aliphatic carbocycles. The van der Waals surface area contributed by atoms with E-state index < -0.39 is 9.04 Å². The number of hydrogen-bond donors (Lipinski definition) is 1.